The van der Waals surface area contributed by atoms with Crippen LogP contribution in [0.5, 0.6) is 0 Å². The third kappa shape index (κ3) is 13.0. The lowest BCUT2D eigenvalue weighted by Crippen LogP contribution is -2.14. The zero-order chi connectivity index (χ0) is 37.3. The van der Waals surface area contributed by atoms with Crippen LogP contribution in [0.3, 0.4) is 0 Å². The van der Waals surface area contributed by atoms with Gasteiger partial charge in [-0.25, -0.2) is 0 Å². The summed E-state index contributed by atoms with van der Waals surface area (Å²) in [5, 5.41) is 1.49. The molecule has 0 fully saturated rings. The van der Waals surface area contributed by atoms with Crippen LogP contribution in [-0.2, 0) is 23.9 Å². The second-order valence-electron chi connectivity index (χ2n) is 11.1. The molecule has 0 aliphatic carbocycles. The molecule has 0 aliphatic heterocycles. The molecule has 0 saturated heterocycles. The second-order valence-corrected chi connectivity index (χ2v) is 14.1. The van der Waals surface area contributed by atoms with Crippen LogP contribution in [0, 0.1) is 9.54 Å². The van der Waals surface area contributed by atoms with E-state index in [1.54, 1.807) is 11.8 Å². The number of aryl methyl sites for hydroxylation is 1. The number of halogens is 2. The summed E-state index contributed by atoms with van der Waals surface area (Å²) in [7, 11) is 3.88. The lowest BCUT2D eigenvalue weighted by molar-refractivity contribution is 0.791. The molecule has 6 aromatic rings. The summed E-state index contributed by atoms with van der Waals surface area (Å²) in [5.74, 6) is 3.28. The number of aromatic nitrogens is 6. The molecule has 14 heteroatoms. The maximum atomic E-state index is 5.59. The summed E-state index contributed by atoms with van der Waals surface area (Å²) in [6, 6.07) is 36.7. The van der Waals surface area contributed by atoms with Gasteiger partial charge in [0.1, 0.15) is 0 Å². The zero-order valence-corrected chi connectivity index (χ0v) is 34.1. The molecular weight excluding hydrogens is 768 g/mol. The zero-order valence-electron chi connectivity index (χ0n) is 29.3. The van der Waals surface area contributed by atoms with Gasteiger partial charge in [0.25, 0.3) is 0 Å². The van der Waals surface area contributed by atoms with Crippen molar-refractivity contribution in [3.63, 3.8) is 0 Å². The molecule has 270 valence electrons. The molecule has 2 aromatic heterocycles. The second kappa shape index (κ2) is 21.7. The third-order valence-electron chi connectivity index (χ3n) is 7.45. The van der Waals surface area contributed by atoms with Gasteiger partial charge in [0.2, 0.25) is 16.7 Å². The number of anilines is 4. The van der Waals surface area contributed by atoms with E-state index in [9.17, 15) is 0 Å². The van der Waals surface area contributed by atoms with Gasteiger partial charge in [-0.2, -0.15) is 19.9 Å². The molecule has 8 nitrogen and oxygen atoms in total. The predicted octanol–water partition coefficient (Wildman–Crippen LogP) is 11.3. The minimum atomic E-state index is 0.376. The summed E-state index contributed by atoms with van der Waals surface area (Å²) in [4.78, 5) is 27.5. The number of alkyl halides is 2. The topological polar surface area (TPSA) is 89.6 Å². The Morgan fingerprint density at radius 1 is 0.615 bits per heavy atom. The average molecular weight is 808 g/mol. The molecule has 2 N–H and O–H groups in total. The highest BCUT2D eigenvalue weighted by Crippen LogP contribution is 2.26. The number of hydrogen-bond donors (Lipinski definition) is 2. The molecule has 52 heavy (non-hydrogen) atoms. The van der Waals surface area contributed by atoms with Crippen molar-refractivity contribution >= 4 is 94.4 Å². The quantitative estimate of drug-likeness (QED) is 0.0749. The Labute approximate surface area is 334 Å². The van der Waals surface area contributed by atoms with Crippen LogP contribution in [0.15, 0.2) is 120 Å². The molecule has 4 aromatic carbocycles. The van der Waals surface area contributed by atoms with Crippen molar-refractivity contribution in [3.8, 4) is 0 Å². The van der Waals surface area contributed by atoms with Crippen molar-refractivity contribution in [2.45, 2.75) is 41.2 Å². The molecule has 2 heterocycles. The van der Waals surface area contributed by atoms with E-state index in [0.717, 1.165) is 45.0 Å². The third-order valence-corrected chi connectivity index (χ3v) is 9.93. The molecule has 0 aliphatic rings. The number of benzene rings is 4. The first kappa shape index (κ1) is 41.0. The molecule has 0 unspecified atom stereocenters. The van der Waals surface area contributed by atoms with Gasteiger partial charge < -0.3 is 19.8 Å². The fourth-order valence-corrected chi connectivity index (χ4v) is 6.44. The Morgan fingerprint density at radius 3 is 1.62 bits per heavy atom. The Hall–Kier alpha value is -3.78. The Morgan fingerprint density at radius 2 is 1.12 bits per heavy atom. The van der Waals surface area contributed by atoms with E-state index in [1.807, 2.05) is 115 Å². The van der Waals surface area contributed by atoms with Crippen molar-refractivity contribution in [1.82, 2.24) is 29.9 Å². The number of nitrogens with one attached hydrogen (secondary N) is 2. The highest BCUT2D eigenvalue weighted by molar-refractivity contribution is 7.99. The minimum Gasteiger partial charge on any atom is -0.315 e. The number of nitrogens with zero attached hydrogens (tertiary/aromatic N) is 6. The summed E-state index contributed by atoms with van der Waals surface area (Å²) < 4.78 is 0.847. The van der Waals surface area contributed by atoms with Crippen molar-refractivity contribution in [1.29, 1.82) is 0 Å². The summed E-state index contributed by atoms with van der Waals surface area (Å²) in [5.41, 5.74) is 6.97. The SMILES string of the molecule is CCc1ccc(CSc2nc(SC)nc(N(C)c3ccccc3)n2)cc1.CN(c1ccccc1)c1nc(=S)[nH]c(=S)[nH]1.ClCc1ccc(CCl)cc1. The fourth-order valence-electron chi connectivity index (χ4n) is 4.45. The molecule has 0 radical (unpaired) electrons. The van der Waals surface area contributed by atoms with E-state index in [4.69, 9.17) is 47.6 Å². The summed E-state index contributed by atoms with van der Waals surface area (Å²) >= 11 is 24.3. The van der Waals surface area contributed by atoms with Crippen LogP contribution in [0.2, 0.25) is 0 Å². The number of para-hydroxylation sites is 2. The summed E-state index contributed by atoms with van der Waals surface area (Å²) in [6.07, 6.45) is 3.05. The number of H-pyrrole nitrogens is 2. The average Bonchev–Trinajstić information content (AvgIpc) is 3.20. The van der Waals surface area contributed by atoms with Gasteiger partial charge in [0, 0.05) is 43.0 Å². The number of aromatic amines is 2. The van der Waals surface area contributed by atoms with Gasteiger partial charge in [-0.05, 0) is 83.6 Å². The molecule has 0 bridgehead atoms. The standard InChI is InChI=1S/C20H22N4S2.C10H10N4S2.C8H8Cl2/c1-4-15-10-12-16(13-11-15)14-26-20-22-18(21-19(23-20)25-3)24(2)17-8-6-5-7-9-17;1-14(7-5-3-2-4-6-7)8-11-9(15)13-10(16)12-8;9-5-7-1-2-8(6-10)4-3-7/h5-13H,4,14H2,1-3H3;2-6H,1H3,(H2,11,12,13,15,16);1-4H,5-6H2. The monoisotopic (exact) mass is 806 g/mol. The largest absolute Gasteiger partial charge is 0.315 e. The normalized spacial score (nSPS) is 10.3. The smallest absolute Gasteiger partial charge is 0.234 e. The Balaban J connectivity index is 0.000000197. The van der Waals surface area contributed by atoms with Gasteiger partial charge in [0.15, 0.2) is 15.1 Å². The molecule has 0 saturated carbocycles. The maximum Gasteiger partial charge on any atom is 0.234 e. The van der Waals surface area contributed by atoms with E-state index in [1.165, 1.54) is 22.9 Å². The molecule has 0 atom stereocenters. The first-order chi connectivity index (χ1) is 25.2. The van der Waals surface area contributed by atoms with Crippen molar-refractivity contribution in [2.24, 2.45) is 0 Å². The predicted molar refractivity (Wildman–Crippen MR) is 226 cm³/mol. The molecule has 0 amide bonds. The lowest BCUT2D eigenvalue weighted by Gasteiger charge is -2.17. The van der Waals surface area contributed by atoms with Crippen LogP contribution in [-0.4, -0.2) is 50.3 Å². The van der Waals surface area contributed by atoms with Crippen LogP contribution in [0.25, 0.3) is 0 Å². The summed E-state index contributed by atoms with van der Waals surface area (Å²) in [6.45, 7) is 2.17. The van der Waals surface area contributed by atoms with Crippen LogP contribution in [0.1, 0.15) is 29.2 Å². The van der Waals surface area contributed by atoms with E-state index < -0.39 is 0 Å². The molecule has 0 spiro atoms. The molecular formula is C38H40Cl2N8S4. The van der Waals surface area contributed by atoms with Crippen molar-refractivity contribution in [3.05, 3.63) is 141 Å². The van der Waals surface area contributed by atoms with Crippen molar-refractivity contribution < 1.29 is 0 Å². The van der Waals surface area contributed by atoms with Crippen molar-refractivity contribution in [2.75, 3.05) is 30.2 Å². The number of rotatable bonds is 11. The van der Waals surface area contributed by atoms with Gasteiger partial charge in [0.05, 0.1) is 0 Å². The van der Waals surface area contributed by atoms with E-state index >= 15 is 0 Å². The lowest BCUT2D eigenvalue weighted by atomic mass is 10.1. The first-order valence-electron chi connectivity index (χ1n) is 16.2. The van der Waals surface area contributed by atoms with Crippen LogP contribution >= 0.6 is 71.2 Å². The van der Waals surface area contributed by atoms with E-state index in [2.05, 4.69) is 61.1 Å². The van der Waals surface area contributed by atoms with Gasteiger partial charge in [-0.3, -0.25) is 0 Å². The van der Waals surface area contributed by atoms with Gasteiger partial charge in [-0.1, -0.05) is 115 Å². The van der Waals surface area contributed by atoms with Crippen LogP contribution in [0.4, 0.5) is 23.3 Å². The van der Waals surface area contributed by atoms with Gasteiger partial charge >= 0.3 is 0 Å². The minimum absolute atomic E-state index is 0.376. The number of hydrogen-bond acceptors (Lipinski definition) is 10. The maximum absolute atomic E-state index is 5.59. The number of thioether (sulfide) groups is 2. The Kier molecular flexibility index (Phi) is 17.1. The van der Waals surface area contributed by atoms with E-state index in [-0.39, 0.29) is 0 Å². The highest BCUT2D eigenvalue weighted by atomic mass is 35.5. The Bertz CT molecular complexity index is 2010. The highest BCUT2D eigenvalue weighted by Gasteiger charge is 2.12. The first-order valence-corrected chi connectivity index (χ1v) is 20.3. The molecule has 6 rings (SSSR count). The van der Waals surface area contributed by atoms with E-state index in [0.29, 0.717) is 33.2 Å². The fraction of sp³-hybridized carbons (Fsp3) is 0.211. The van der Waals surface area contributed by atoms with Crippen LogP contribution < -0.4 is 9.80 Å². The van der Waals surface area contributed by atoms with Gasteiger partial charge in [-0.15, -0.1) is 23.2 Å².